The maximum absolute atomic E-state index is 3.72. The van der Waals surface area contributed by atoms with E-state index in [1.54, 1.807) is 22.3 Å². The largest absolute Gasteiger partial charge is 4.00 e. The minimum Gasteiger partial charge on any atom is -0.207 e. The zero-order valence-corrected chi connectivity index (χ0v) is 26.7. The summed E-state index contributed by atoms with van der Waals surface area (Å²) in [6.07, 6.45) is 5.51. The van der Waals surface area contributed by atoms with Crippen LogP contribution in [0, 0.1) is 27.7 Å². The molecule has 0 saturated carbocycles. The molecule has 38 heavy (non-hydrogen) atoms. The van der Waals surface area contributed by atoms with Crippen molar-refractivity contribution in [3.05, 3.63) is 157 Å². The summed E-state index contributed by atoms with van der Waals surface area (Å²) in [6, 6.07) is 34.9. The third kappa shape index (κ3) is 12.9. The Morgan fingerprint density at radius 1 is 0.684 bits per heavy atom. The van der Waals surface area contributed by atoms with Crippen LogP contribution in [0.25, 0.3) is 0 Å². The van der Waals surface area contributed by atoms with Crippen LogP contribution in [0.15, 0.2) is 97.1 Å². The number of hydrogen-bond donors (Lipinski definition) is 0. The fourth-order valence-electron chi connectivity index (χ4n) is 4.30. The number of benzene rings is 3. The summed E-state index contributed by atoms with van der Waals surface area (Å²) in [7, 11) is -0.972. The van der Waals surface area contributed by atoms with Gasteiger partial charge in [-0.2, -0.15) is 96.1 Å². The van der Waals surface area contributed by atoms with Crippen molar-refractivity contribution in [2.75, 3.05) is 0 Å². The molecular formula is C36H46SiTi. The van der Waals surface area contributed by atoms with Gasteiger partial charge >= 0.3 is 21.7 Å². The van der Waals surface area contributed by atoms with Crippen molar-refractivity contribution in [3.63, 3.8) is 0 Å². The molecule has 0 heterocycles. The Labute approximate surface area is 250 Å². The van der Waals surface area contributed by atoms with Crippen LogP contribution in [0.3, 0.4) is 0 Å². The van der Waals surface area contributed by atoms with Gasteiger partial charge in [-0.05, 0) is 0 Å². The molecule has 5 rings (SSSR count). The molecule has 0 aliphatic heterocycles. The van der Waals surface area contributed by atoms with Gasteiger partial charge in [0, 0.05) is 8.07 Å². The van der Waals surface area contributed by atoms with Crippen molar-refractivity contribution in [2.45, 2.75) is 64.7 Å². The monoisotopic (exact) mass is 554 g/mol. The van der Waals surface area contributed by atoms with Gasteiger partial charge in [0.05, 0.1) is 0 Å². The predicted octanol–water partition coefficient (Wildman–Crippen LogP) is 10.0. The molecule has 4 aromatic carbocycles. The zero-order chi connectivity index (χ0) is 27.1. The van der Waals surface area contributed by atoms with E-state index in [0.29, 0.717) is 0 Å². The molecule has 0 N–H and O–H groups in total. The summed E-state index contributed by atoms with van der Waals surface area (Å²) in [5.74, 6) is 0. The predicted molar refractivity (Wildman–Crippen MR) is 168 cm³/mol. The minimum atomic E-state index is -0.972. The van der Waals surface area contributed by atoms with Crippen LogP contribution >= 0.6 is 0 Å². The maximum atomic E-state index is 3.72. The van der Waals surface area contributed by atoms with Crippen LogP contribution in [0.1, 0.15) is 58.7 Å². The first kappa shape index (κ1) is 33.6. The molecular weight excluding hydrogens is 508 g/mol. The zero-order valence-electron chi connectivity index (χ0n) is 24.1. The van der Waals surface area contributed by atoms with E-state index in [4.69, 9.17) is 0 Å². The second-order valence-corrected chi connectivity index (χ2v) is 16.1. The van der Waals surface area contributed by atoms with Gasteiger partial charge in [0.25, 0.3) is 0 Å². The van der Waals surface area contributed by atoms with E-state index in [1.165, 1.54) is 37.8 Å². The molecule has 0 spiro atoms. The van der Waals surface area contributed by atoms with Crippen LogP contribution in [0.5, 0.6) is 0 Å². The number of fused-ring (bicyclic) bond motifs is 1. The fourth-order valence-corrected chi connectivity index (χ4v) is 6.00. The molecule has 198 valence electrons. The maximum Gasteiger partial charge on any atom is 4.00 e. The first-order chi connectivity index (χ1) is 17.7. The Bertz CT molecular complexity index is 1040. The third-order valence-corrected chi connectivity index (χ3v) is 10.1. The molecule has 0 fully saturated rings. The summed E-state index contributed by atoms with van der Waals surface area (Å²) in [5.41, 5.74) is 9.97. The van der Waals surface area contributed by atoms with Gasteiger partial charge in [-0.3, -0.25) is 0 Å². The van der Waals surface area contributed by atoms with Crippen molar-refractivity contribution in [1.82, 2.24) is 0 Å². The Balaban J connectivity index is 0.000000276. The second-order valence-electron chi connectivity index (χ2n) is 10.7. The second kappa shape index (κ2) is 17.9. The van der Waals surface area contributed by atoms with Crippen molar-refractivity contribution in [1.29, 1.82) is 0 Å². The Hall–Kier alpha value is -2.45. The van der Waals surface area contributed by atoms with Gasteiger partial charge in [0.15, 0.2) is 0 Å². The third-order valence-electron chi connectivity index (χ3n) is 6.88. The Kier molecular flexibility index (Phi) is 15.9. The fraction of sp³-hybridized carbons (Fsp3) is 0.278. The van der Waals surface area contributed by atoms with Crippen LogP contribution < -0.4 is 0 Å². The minimum absolute atomic E-state index is 0. The first-order valence-corrected chi connectivity index (χ1v) is 17.0. The first-order valence-electron chi connectivity index (χ1n) is 13.6. The molecule has 4 aromatic rings. The van der Waals surface area contributed by atoms with Crippen LogP contribution in [-0.4, -0.2) is 8.07 Å². The van der Waals surface area contributed by atoms with Gasteiger partial charge in [-0.15, -0.1) is 36.4 Å². The van der Waals surface area contributed by atoms with Crippen LogP contribution in [0.2, 0.25) is 19.1 Å². The molecule has 0 amide bonds. The number of aryl methyl sites for hydroxylation is 2. The van der Waals surface area contributed by atoms with Crippen molar-refractivity contribution in [3.8, 4) is 0 Å². The Morgan fingerprint density at radius 3 is 1.42 bits per heavy atom. The van der Waals surface area contributed by atoms with E-state index in [-0.39, 0.29) is 21.7 Å². The molecule has 1 aliphatic carbocycles. The normalized spacial score (nSPS) is 11.6. The molecule has 1 aliphatic rings. The van der Waals surface area contributed by atoms with Gasteiger partial charge < -0.3 is 0 Å². The van der Waals surface area contributed by atoms with E-state index < -0.39 is 8.07 Å². The van der Waals surface area contributed by atoms with E-state index >= 15 is 0 Å². The van der Waals surface area contributed by atoms with E-state index in [9.17, 15) is 0 Å². The smallest absolute Gasteiger partial charge is 0.207 e. The average Bonchev–Trinajstić information content (AvgIpc) is 3.21. The molecule has 0 atom stereocenters. The topological polar surface area (TPSA) is 0 Å². The summed E-state index contributed by atoms with van der Waals surface area (Å²) in [6.45, 7) is 20.9. The molecule has 0 unspecified atom stereocenters. The van der Waals surface area contributed by atoms with Crippen molar-refractivity contribution < 1.29 is 21.7 Å². The molecule has 2 heteroatoms. The van der Waals surface area contributed by atoms with Gasteiger partial charge in [-0.1, -0.05) is 82.9 Å². The summed E-state index contributed by atoms with van der Waals surface area (Å²) in [4.78, 5) is 0. The standard InChI is InChI=1S/C15H25Si.3C7H7.Ti/c1-5-16(3,4)11-15-12(2)10-13-8-6-7-9-14(13)15;3*1-7-5-3-2-4-6-7;/h10H,5-9,11H2,1-4H3;3*2-6H,1H2;/q4*-1;+4. The van der Waals surface area contributed by atoms with E-state index in [0.717, 1.165) is 16.7 Å². The average molecular weight is 555 g/mol. The SMILES string of the molecule is CC[Si](C)(C)C[c-]1c(C)cc2c1CCCC2.[CH2-]c1ccccc1.[CH2-]c1ccccc1.[CH2-]c1ccccc1.[Ti+4]. The van der Waals surface area contributed by atoms with Crippen LogP contribution in [-0.2, 0) is 40.6 Å². The summed E-state index contributed by atoms with van der Waals surface area (Å²) < 4.78 is 0. The van der Waals surface area contributed by atoms with Gasteiger partial charge in [-0.25, -0.2) is 6.07 Å². The number of rotatable bonds is 3. The van der Waals surface area contributed by atoms with Gasteiger partial charge in [0.1, 0.15) is 0 Å². The molecule has 0 radical (unpaired) electrons. The molecule has 0 aromatic heterocycles. The molecule has 0 nitrogen and oxygen atoms in total. The van der Waals surface area contributed by atoms with E-state index in [1.807, 2.05) is 91.0 Å². The molecule has 0 bridgehead atoms. The van der Waals surface area contributed by atoms with Crippen molar-refractivity contribution in [2.24, 2.45) is 0 Å². The van der Waals surface area contributed by atoms with E-state index in [2.05, 4.69) is 53.8 Å². The summed E-state index contributed by atoms with van der Waals surface area (Å²) in [5, 5.41) is 0. The van der Waals surface area contributed by atoms with Crippen LogP contribution in [0.4, 0.5) is 0 Å². The molecule has 0 saturated heterocycles. The summed E-state index contributed by atoms with van der Waals surface area (Å²) >= 11 is 0. The Morgan fingerprint density at radius 2 is 1.08 bits per heavy atom. The quantitative estimate of drug-likeness (QED) is 0.175. The van der Waals surface area contributed by atoms with Gasteiger partial charge in [0.2, 0.25) is 0 Å². The number of hydrogen-bond acceptors (Lipinski definition) is 0. The van der Waals surface area contributed by atoms with Crippen molar-refractivity contribution >= 4 is 8.07 Å².